The van der Waals surface area contributed by atoms with Crippen molar-refractivity contribution in [1.29, 1.82) is 5.26 Å². The van der Waals surface area contributed by atoms with Gasteiger partial charge in [0, 0.05) is 5.92 Å². The summed E-state index contributed by atoms with van der Waals surface area (Å²) in [5, 5.41) is 8.98. The number of carbonyl (C=O) groups excluding carboxylic acids is 1. The topological polar surface area (TPSA) is 40.9 Å². The fourth-order valence-corrected chi connectivity index (χ4v) is 1.92. The molecule has 0 aliphatic rings. The van der Waals surface area contributed by atoms with Crippen molar-refractivity contribution in [1.82, 2.24) is 0 Å². The maximum absolute atomic E-state index is 12.1. The van der Waals surface area contributed by atoms with Crippen LogP contribution in [0, 0.1) is 29.1 Å². The Bertz CT molecular complexity index is 221. The van der Waals surface area contributed by atoms with Crippen LogP contribution in [0.4, 0.5) is 0 Å². The van der Waals surface area contributed by atoms with Gasteiger partial charge in [-0.3, -0.25) is 4.79 Å². The molecule has 0 aromatic heterocycles. The minimum Gasteiger partial charge on any atom is -0.298 e. The van der Waals surface area contributed by atoms with Crippen molar-refractivity contribution in [2.75, 3.05) is 0 Å². The Labute approximate surface area is 93.7 Å². The molecule has 0 spiro atoms. The first-order valence-corrected chi connectivity index (χ1v) is 6.01. The van der Waals surface area contributed by atoms with Crippen molar-refractivity contribution in [3.8, 4) is 6.07 Å². The minimum absolute atomic E-state index is 0.104. The van der Waals surface area contributed by atoms with Crippen LogP contribution in [0.5, 0.6) is 0 Å². The highest BCUT2D eigenvalue weighted by atomic mass is 16.1. The van der Waals surface area contributed by atoms with E-state index in [9.17, 15) is 4.79 Å². The summed E-state index contributed by atoms with van der Waals surface area (Å²) in [6.07, 6.45) is 3.90. The zero-order valence-electron chi connectivity index (χ0n) is 10.4. The van der Waals surface area contributed by atoms with Crippen LogP contribution in [0.15, 0.2) is 0 Å². The summed E-state index contributed by atoms with van der Waals surface area (Å²) in [5.74, 6) is -0.00457. The van der Waals surface area contributed by atoms with E-state index in [1.54, 1.807) is 0 Å². The molecule has 0 N–H and O–H groups in total. The van der Waals surface area contributed by atoms with Crippen LogP contribution in [-0.2, 0) is 4.79 Å². The number of hydrogen-bond donors (Lipinski definition) is 0. The van der Waals surface area contributed by atoms with E-state index in [1.165, 1.54) is 0 Å². The highest BCUT2D eigenvalue weighted by Gasteiger charge is 2.27. The second-order valence-electron chi connectivity index (χ2n) is 4.53. The Kier molecular flexibility index (Phi) is 7.03. The number of Topliss-reactive ketones (excluding diaryl/α,β-unsaturated/α-hetero) is 1. The first-order valence-electron chi connectivity index (χ1n) is 6.01. The van der Waals surface area contributed by atoms with E-state index in [2.05, 4.69) is 19.9 Å². The third-order valence-electron chi connectivity index (χ3n) is 2.79. The van der Waals surface area contributed by atoms with E-state index >= 15 is 0 Å². The van der Waals surface area contributed by atoms with Gasteiger partial charge in [0.15, 0.2) is 5.78 Å². The average molecular weight is 209 g/mol. The van der Waals surface area contributed by atoms with Crippen LogP contribution in [-0.4, -0.2) is 5.78 Å². The van der Waals surface area contributed by atoms with Gasteiger partial charge in [0.25, 0.3) is 0 Å². The maximum atomic E-state index is 12.1. The summed E-state index contributed by atoms with van der Waals surface area (Å²) in [6.45, 7) is 8.07. The van der Waals surface area contributed by atoms with Gasteiger partial charge in [-0.05, 0) is 18.8 Å². The minimum atomic E-state index is -0.409. The third-order valence-corrected chi connectivity index (χ3v) is 2.79. The van der Waals surface area contributed by atoms with Gasteiger partial charge in [-0.2, -0.15) is 5.26 Å². The number of rotatable bonds is 7. The molecule has 0 rings (SSSR count). The van der Waals surface area contributed by atoms with Crippen LogP contribution in [0.25, 0.3) is 0 Å². The molecule has 0 saturated heterocycles. The molecule has 0 fully saturated rings. The summed E-state index contributed by atoms with van der Waals surface area (Å²) in [6, 6.07) is 2.15. The average Bonchev–Trinajstić information content (AvgIpc) is 2.17. The SMILES string of the molecule is CCCC(CCC)C(=O)C(C#N)C(C)C. The molecule has 2 nitrogen and oxygen atoms in total. The molecule has 2 heteroatoms. The molecule has 0 bridgehead atoms. The van der Waals surface area contributed by atoms with E-state index in [0.717, 1.165) is 25.7 Å². The summed E-state index contributed by atoms with van der Waals surface area (Å²) < 4.78 is 0. The predicted molar refractivity (Wildman–Crippen MR) is 62.3 cm³/mol. The van der Waals surface area contributed by atoms with Crippen molar-refractivity contribution in [3.63, 3.8) is 0 Å². The number of nitriles is 1. The number of hydrogen-bond acceptors (Lipinski definition) is 2. The third kappa shape index (κ3) is 4.46. The van der Waals surface area contributed by atoms with Gasteiger partial charge < -0.3 is 0 Å². The van der Waals surface area contributed by atoms with Gasteiger partial charge >= 0.3 is 0 Å². The lowest BCUT2D eigenvalue weighted by Gasteiger charge is -2.19. The molecule has 0 amide bonds. The summed E-state index contributed by atoms with van der Waals surface area (Å²) >= 11 is 0. The summed E-state index contributed by atoms with van der Waals surface area (Å²) in [5.41, 5.74) is 0. The molecule has 1 unspecified atom stereocenters. The van der Waals surface area contributed by atoms with E-state index in [-0.39, 0.29) is 17.6 Å². The second-order valence-corrected chi connectivity index (χ2v) is 4.53. The molecule has 86 valence electrons. The Morgan fingerprint density at radius 2 is 1.67 bits per heavy atom. The molecular weight excluding hydrogens is 186 g/mol. The summed E-state index contributed by atoms with van der Waals surface area (Å²) in [4.78, 5) is 12.1. The van der Waals surface area contributed by atoms with Gasteiger partial charge in [0.2, 0.25) is 0 Å². The molecule has 15 heavy (non-hydrogen) atoms. The van der Waals surface area contributed by atoms with Gasteiger partial charge in [0.05, 0.1) is 6.07 Å². The number of nitrogens with zero attached hydrogens (tertiary/aromatic N) is 1. The predicted octanol–water partition coefficient (Wildman–Crippen LogP) is 3.57. The molecule has 0 saturated carbocycles. The fraction of sp³-hybridized carbons (Fsp3) is 0.846. The van der Waals surface area contributed by atoms with Gasteiger partial charge in [-0.15, -0.1) is 0 Å². The molecule has 0 heterocycles. The fourth-order valence-electron chi connectivity index (χ4n) is 1.92. The Morgan fingerprint density at radius 3 is 1.93 bits per heavy atom. The molecule has 0 aliphatic heterocycles. The highest BCUT2D eigenvalue weighted by Crippen LogP contribution is 2.22. The number of ketones is 1. The lowest BCUT2D eigenvalue weighted by molar-refractivity contribution is -0.126. The lowest BCUT2D eigenvalue weighted by atomic mass is 9.82. The first kappa shape index (κ1) is 14.2. The van der Waals surface area contributed by atoms with Crippen LogP contribution in [0.1, 0.15) is 53.4 Å². The van der Waals surface area contributed by atoms with Gasteiger partial charge in [-0.25, -0.2) is 0 Å². The summed E-state index contributed by atoms with van der Waals surface area (Å²) in [7, 11) is 0. The highest BCUT2D eigenvalue weighted by molar-refractivity contribution is 5.85. The van der Waals surface area contributed by atoms with E-state index in [1.807, 2.05) is 13.8 Å². The number of carbonyl (C=O) groups is 1. The van der Waals surface area contributed by atoms with Crippen molar-refractivity contribution in [2.24, 2.45) is 17.8 Å². The largest absolute Gasteiger partial charge is 0.298 e. The van der Waals surface area contributed by atoms with Crippen molar-refractivity contribution in [2.45, 2.75) is 53.4 Å². The Balaban J connectivity index is 4.53. The smallest absolute Gasteiger partial charge is 0.153 e. The molecule has 0 aromatic carbocycles. The van der Waals surface area contributed by atoms with Crippen molar-refractivity contribution >= 4 is 5.78 Å². The van der Waals surface area contributed by atoms with Crippen molar-refractivity contribution < 1.29 is 4.79 Å². The van der Waals surface area contributed by atoms with E-state index in [0.29, 0.717) is 0 Å². The zero-order valence-corrected chi connectivity index (χ0v) is 10.4. The Hall–Kier alpha value is -0.840. The molecule has 0 aromatic rings. The van der Waals surface area contributed by atoms with Crippen LogP contribution >= 0.6 is 0 Å². The van der Waals surface area contributed by atoms with E-state index in [4.69, 9.17) is 5.26 Å². The molecule has 0 radical (unpaired) electrons. The Morgan fingerprint density at radius 1 is 1.20 bits per heavy atom. The van der Waals surface area contributed by atoms with Gasteiger partial charge in [-0.1, -0.05) is 40.5 Å². The standard InChI is InChI=1S/C13H23NO/c1-5-7-11(8-6-2)13(15)12(9-14)10(3)4/h10-12H,5-8H2,1-4H3. The van der Waals surface area contributed by atoms with E-state index < -0.39 is 5.92 Å². The second kappa shape index (κ2) is 7.45. The van der Waals surface area contributed by atoms with Crippen LogP contribution in [0.3, 0.4) is 0 Å². The zero-order chi connectivity index (χ0) is 11.8. The van der Waals surface area contributed by atoms with Crippen molar-refractivity contribution in [3.05, 3.63) is 0 Å². The normalized spacial score (nSPS) is 12.9. The molecular formula is C13H23NO. The first-order chi connectivity index (χ1) is 7.08. The maximum Gasteiger partial charge on any atom is 0.153 e. The lowest BCUT2D eigenvalue weighted by Crippen LogP contribution is -2.26. The monoisotopic (exact) mass is 209 g/mol. The van der Waals surface area contributed by atoms with Crippen LogP contribution < -0.4 is 0 Å². The molecule has 0 aliphatic carbocycles. The van der Waals surface area contributed by atoms with Gasteiger partial charge in [0.1, 0.15) is 5.92 Å². The quantitative estimate of drug-likeness (QED) is 0.643. The van der Waals surface area contributed by atoms with Crippen LogP contribution in [0.2, 0.25) is 0 Å². The molecule has 1 atom stereocenters.